The van der Waals surface area contributed by atoms with Crippen molar-refractivity contribution in [2.75, 3.05) is 7.11 Å². The van der Waals surface area contributed by atoms with Crippen LogP contribution >= 0.6 is 11.3 Å². The summed E-state index contributed by atoms with van der Waals surface area (Å²) in [7, 11) is 1.51. The normalized spacial score (nSPS) is 10.8. The van der Waals surface area contributed by atoms with Crippen LogP contribution in [-0.2, 0) is 11.3 Å². The van der Waals surface area contributed by atoms with Gasteiger partial charge in [0.25, 0.3) is 0 Å². The highest BCUT2D eigenvalue weighted by Crippen LogP contribution is 2.28. The molecule has 2 nitrogen and oxygen atoms in total. The zero-order valence-electron chi connectivity index (χ0n) is 8.84. The molecule has 90 valence electrons. The molecule has 0 aliphatic rings. The van der Waals surface area contributed by atoms with Gasteiger partial charge in [0.15, 0.2) is 17.5 Å². The van der Waals surface area contributed by atoms with Gasteiger partial charge in [0.2, 0.25) is 0 Å². The molecule has 2 aromatic rings. The minimum absolute atomic E-state index is 0.0451. The van der Waals surface area contributed by atoms with Crippen molar-refractivity contribution in [3.05, 3.63) is 40.7 Å². The van der Waals surface area contributed by atoms with Gasteiger partial charge in [-0.05, 0) is 12.1 Å². The van der Waals surface area contributed by atoms with Crippen molar-refractivity contribution >= 4 is 11.3 Å². The zero-order valence-corrected chi connectivity index (χ0v) is 9.65. The first-order chi connectivity index (χ1) is 8.13. The number of methoxy groups -OCH3 is 1. The fraction of sp³-hybridized carbons (Fsp3) is 0.182. The van der Waals surface area contributed by atoms with Gasteiger partial charge in [-0.15, -0.1) is 11.3 Å². The van der Waals surface area contributed by atoms with Crippen LogP contribution in [0.15, 0.2) is 17.5 Å². The van der Waals surface area contributed by atoms with Crippen LogP contribution < -0.4 is 0 Å². The first-order valence-electron chi connectivity index (χ1n) is 4.70. The lowest BCUT2D eigenvalue weighted by Crippen LogP contribution is -1.94. The molecule has 0 fully saturated rings. The molecule has 0 amide bonds. The molecule has 1 heterocycles. The standard InChI is InChI=1S/C11H8F3NOS/c1-16-4-6-5-17-11(15-6)7-2-3-8(12)10(14)9(7)13/h2-3,5H,4H2,1H3. The van der Waals surface area contributed by atoms with Gasteiger partial charge < -0.3 is 4.74 Å². The summed E-state index contributed by atoms with van der Waals surface area (Å²) in [5.74, 6) is -3.91. The molecule has 0 unspecified atom stereocenters. The number of benzene rings is 1. The van der Waals surface area contributed by atoms with Crippen LogP contribution in [-0.4, -0.2) is 12.1 Å². The molecule has 0 aliphatic heterocycles. The average Bonchev–Trinajstić information content (AvgIpc) is 2.75. The Labute approximate surface area is 99.7 Å². The van der Waals surface area contributed by atoms with Crippen molar-refractivity contribution in [1.82, 2.24) is 4.98 Å². The fourth-order valence-electron chi connectivity index (χ4n) is 1.34. The van der Waals surface area contributed by atoms with E-state index in [4.69, 9.17) is 4.74 Å². The minimum atomic E-state index is -1.48. The summed E-state index contributed by atoms with van der Waals surface area (Å²) in [5.41, 5.74) is 0.577. The lowest BCUT2D eigenvalue weighted by atomic mass is 10.2. The lowest BCUT2D eigenvalue weighted by molar-refractivity contribution is 0.182. The zero-order chi connectivity index (χ0) is 12.4. The van der Waals surface area contributed by atoms with Crippen LogP contribution in [0, 0.1) is 17.5 Å². The molecular weight excluding hydrogens is 251 g/mol. The Morgan fingerprint density at radius 3 is 2.71 bits per heavy atom. The van der Waals surface area contributed by atoms with Gasteiger partial charge >= 0.3 is 0 Å². The van der Waals surface area contributed by atoms with E-state index in [9.17, 15) is 13.2 Å². The van der Waals surface area contributed by atoms with E-state index in [0.29, 0.717) is 17.3 Å². The third-order valence-corrected chi connectivity index (χ3v) is 3.03. The SMILES string of the molecule is COCc1csc(-c2ccc(F)c(F)c2F)n1. The summed E-state index contributed by atoms with van der Waals surface area (Å²) in [4.78, 5) is 4.07. The molecule has 2 rings (SSSR count). The van der Waals surface area contributed by atoms with E-state index in [1.807, 2.05) is 0 Å². The molecule has 0 N–H and O–H groups in total. The summed E-state index contributed by atoms with van der Waals surface area (Å²) >= 11 is 1.15. The van der Waals surface area contributed by atoms with Gasteiger partial charge in [-0.25, -0.2) is 18.2 Å². The molecule has 0 saturated heterocycles. The van der Waals surface area contributed by atoms with Crippen LogP contribution in [0.25, 0.3) is 10.6 Å². The Balaban J connectivity index is 2.42. The van der Waals surface area contributed by atoms with Crippen molar-refractivity contribution < 1.29 is 17.9 Å². The summed E-state index contributed by atoms with van der Waals surface area (Å²) in [6.07, 6.45) is 0. The molecule has 0 radical (unpaired) electrons. The number of aromatic nitrogens is 1. The highest BCUT2D eigenvalue weighted by atomic mass is 32.1. The van der Waals surface area contributed by atoms with Crippen LogP contribution in [0.4, 0.5) is 13.2 Å². The summed E-state index contributed by atoms with van der Waals surface area (Å²) in [6, 6.07) is 2.05. The van der Waals surface area contributed by atoms with E-state index < -0.39 is 17.5 Å². The van der Waals surface area contributed by atoms with Gasteiger partial charge in [-0.3, -0.25) is 0 Å². The number of hydrogen-bond donors (Lipinski definition) is 0. The number of nitrogens with zero attached hydrogens (tertiary/aromatic N) is 1. The van der Waals surface area contributed by atoms with E-state index in [1.165, 1.54) is 13.2 Å². The highest BCUT2D eigenvalue weighted by molar-refractivity contribution is 7.13. The maximum absolute atomic E-state index is 13.5. The average molecular weight is 259 g/mol. The highest BCUT2D eigenvalue weighted by Gasteiger charge is 2.16. The molecule has 0 aliphatic carbocycles. The van der Waals surface area contributed by atoms with Gasteiger partial charge in [0, 0.05) is 18.1 Å². The topological polar surface area (TPSA) is 22.1 Å². The molecule has 0 saturated carbocycles. The smallest absolute Gasteiger partial charge is 0.195 e. The first kappa shape index (κ1) is 12.1. The Kier molecular flexibility index (Phi) is 3.44. The second-order valence-corrected chi connectivity index (χ2v) is 4.16. The van der Waals surface area contributed by atoms with E-state index in [0.717, 1.165) is 17.4 Å². The maximum Gasteiger partial charge on any atom is 0.195 e. The molecule has 0 atom stereocenters. The van der Waals surface area contributed by atoms with Crippen molar-refractivity contribution in [2.24, 2.45) is 0 Å². The Morgan fingerprint density at radius 1 is 1.24 bits per heavy atom. The molecule has 17 heavy (non-hydrogen) atoms. The molecular formula is C11H8F3NOS. The monoisotopic (exact) mass is 259 g/mol. The predicted octanol–water partition coefficient (Wildman–Crippen LogP) is 3.37. The molecule has 0 spiro atoms. The van der Waals surface area contributed by atoms with Gasteiger partial charge in [-0.2, -0.15) is 0 Å². The summed E-state index contributed by atoms with van der Waals surface area (Å²) in [6.45, 7) is 0.293. The summed E-state index contributed by atoms with van der Waals surface area (Å²) < 4.78 is 44.1. The number of thiazole rings is 1. The number of hydrogen-bond acceptors (Lipinski definition) is 3. The first-order valence-corrected chi connectivity index (χ1v) is 5.58. The largest absolute Gasteiger partial charge is 0.378 e. The van der Waals surface area contributed by atoms with Crippen molar-refractivity contribution in [3.63, 3.8) is 0 Å². The third kappa shape index (κ3) is 2.32. The van der Waals surface area contributed by atoms with Crippen molar-refractivity contribution in [2.45, 2.75) is 6.61 Å². The molecule has 0 bridgehead atoms. The van der Waals surface area contributed by atoms with E-state index >= 15 is 0 Å². The van der Waals surface area contributed by atoms with Gasteiger partial charge in [-0.1, -0.05) is 0 Å². The minimum Gasteiger partial charge on any atom is -0.378 e. The van der Waals surface area contributed by atoms with Crippen LogP contribution in [0.5, 0.6) is 0 Å². The number of rotatable bonds is 3. The quantitative estimate of drug-likeness (QED) is 0.788. The fourth-order valence-corrected chi connectivity index (χ4v) is 2.16. The van der Waals surface area contributed by atoms with Crippen LogP contribution in [0.1, 0.15) is 5.69 Å². The van der Waals surface area contributed by atoms with Crippen LogP contribution in [0.2, 0.25) is 0 Å². The number of ether oxygens (including phenoxy) is 1. The lowest BCUT2D eigenvalue weighted by Gasteiger charge is -2.00. The maximum atomic E-state index is 13.5. The van der Waals surface area contributed by atoms with Crippen LogP contribution in [0.3, 0.4) is 0 Å². The second-order valence-electron chi connectivity index (χ2n) is 3.30. The summed E-state index contributed by atoms with van der Waals surface area (Å²) in [5, 5.41) is 1.98. The van der Waals surface area contributed by atoms with Gasteiger partial charge in [0.1, 0.15) is 5.01 Å². The molecule has 1 aromatic heterocycles. The Hall–Kier alpha value is -1.40. The Bertz CT molecular complexity index is 542. The predicted molar refractivity (Wildman–Crippen MR) is 58.1 cm³/mol. The number of halogens is 3. The van der Waals surface area contributed by atoms with E-state index in [-0.39, 0.29) is 5.56 Å². The molecule has 6 heteroatoms. The van der Waals surface area contributed by atoms with Gasteiger partial charge in [0.05, 0.1) is 12.3 Å². The van der Waals surface area contributed by atoms with Crippen molar-refractivity contribution in [3.8, 4) is 10.6 Å². The van der Waals surface area contributed by atoms with Crippen molar-refractivity contribution in [1.29, 1.82) is 0 Å². The van der Waals surface area contributed by atoms with E-state index in [1.54, 1.807) is 5.38 Å². The Morgan fingerprint density at radius 2 is 2.00 bits per heavy atom. The third-order valence-electron chi connectivity index (χ3n) is 2.11. The van der Waals surface area contributed by atoms with E-state index in [2.05, 4.69) is 4.98 Å². The molecule has 1 aromatic carbocycles. The second kappa shape index (κ2) is 4.85.